The first kappa shape index (κ1) is 16.7. The van der Waals surface area contributed by atoms with Gasteiger partial charge in [-0.15, -0.1) is 11.6 Å². The van der Waals surface area contributed by atoms with E-state index in [1.165, 1.54) is 24.5 Å². The van der Waals surface area contributed by atoms with E-state index in [0.717, 1.165) is 0 Å². The predicted molar refractivity (Wildman–Crippen MR) is 77.3 cm³/mol. The lowest BCUT2D eigenvalue weighted by Gasteiger charge is -2.24. The zero-order chi connectivity index (χ0) is 14.6. The number of methoxy groups -OCH3 is 1. The van der Waals surface area contributed by atoms with E-state index in [1.54, 1.807) is 19.1 Å². The van der Waals surface area contributed by atoms with Crippen molar-refractivity contribution in [3.63, 3.8) is 0 Å². The third kappa shape index (κ3) is 3.83. The lowest BCUT2D eigenvalue weighted by molar-refractivity contribution is 0.149. The van der Waals surface area contributed by atoms with E-state index in [2.05, 4.69) is 0 Å². The number of sulfonamides is 1. The predicted octanol–water partition coefficient (Wildman–Crippen LogP) is 2.73. The van der Waals surface area contributed by atoms with E-state index < -0.39 is 10.0 Å². The minimum atomic E-state index is -3.66. The molecule has 0 amide bonds. The van der Waals surface area contributed by atoms with Crippen LogP contribution in [0.4, 0.5) is 0 Å². The number of benzene rings is 1. The Morgan fingerprint density at radius 3 is 2.58 bits per heavy atom. The summed E-state index contributed by atoms with van der Waals surface area (Å²) in [5.74, 6) is 0.233. The molecule has 1 aromatic rings. The van der Waals surface area contributed by atoms with E-state index in [1.807, 2.05) is 0 Å². The Labute approximate surface area is 124 Å². The van der Waals surface area contributed by atoms with Crippen molar-refractivity contribution in [2.24, 2.45) is 0 Å². The van der Waals surface area contributed by atoms with Crippen molar-refractivity contribution in [3.8, 4) is 0 Å². The van der Waals surface area contributed by atoms with E-state index >= 15 is 0 Å². The minimum absolute atomic E-state index is 0.0674. The van der Waals surface area contributed by atoms with Crippen LogP contribution in [-0.4, -0.2) is 39.5 Å². The Hall–Kier alpha value is -0.330. The maximum atomic E-state index is 12.5. The summed E-state index contributed by atoms with van der Waals surface area (Å²) in [5, 5.41) is 0.185. The van der Waals surface area contributed by atoms with Gasteiger partial charge in [0.25, 0.3) is 0 Å². The third-order valence-electron chi connectivity index (χ3n) is 2.84. The summed E-state index contributed by atoms with van der Waals surface area (Å²) in [4.78, 5) is 0.0674. The van der Waals surface area contributed by atoms with Crippen LogP contribution in [0.2, 0.25) is 5.02 Å². The number of ether oxygens (including phenoxy) is 1. The van der Waals surface area contributed by atoms with Gasteiger partial charge in [-0.3, -0.25) is 0 Å². The summed E-state index contributed by atoms with van der Waals surface area (Å²) in [5.41, 5.74) is 0.706. The molecule has 108 valence electrons. The molecule has 4 nitrogen and oxygen atoms in total. The average Bonchev–Trinajstić information content (AvgIpc) is 2.38. The van der Waals surface area contributed by atoms with Gasteiger partial charge in [-0.1, -0.05) is 17.7 Å². The van der Waals surface area contributed by atoms with Crippen molar-refractivity contribution in [3.05, 3.63) is 28.8 Å². The molecule has 1 rings (SSSR count). The molecule has 0 aromatic heterocycles. The van der Waals surface area contributed by atoms with E-state index in [4.69, 9.17) is 27.9 Å². The molecule has 1 aromatic carbocycles. The third-order valence-corrected chi connectivity index (χ3v) is 5.60. The van der Waals surface area contributed by atoms with Crippen molar-refractivity contribution >= 4 is 33.2 Å². The molecule has 1 unspecified atom stereocenters. The van der Waals surface area contributed by atoms with Crippen LogP contribution in [0.3, 0.4) is 0 Å². The lowest BCUT2D eigenvalue weighted by atomic mass is 10.2. The maximum absolute atomic E-state index is 12.5. The number of hydrogen-bond acceptors (Lipinski definition) is 3. The Morgan fingerprint density at radius 1 is 1.42 bits per heavy atom. The van der Waals surface area contributed by atoms with Gasteiger partial charge in [0.2, 0.25) is 10.0 Å². The van der Waals surface area contributed by atoms with Gasteiger partial charge in [0, 0.05) is 26.1 Å². The SMILES string of the molecule is COCC(C)N(C)S(=O)(=O)c1cc(CCl)ccc1Cl. The molecule has 0 aliphatic heterocycles. The summed E-state index contributed by atoms with van der Waals surface area (Å²) in [6.07, 6.45) is 0. The molecule has 0 spiro atoms. The number of halogens is 2. The van der Waals surface area contributed by atoms with Crippen LogP contribution in [0.5, 0.6) is 0 Å². The summed E-state index contributed by atoms with van der Waals surface area (Å²) in [7, 11) is -0.632. The molecule has 0 heterocycles. The van der Waals surface area contributed by atoms with E-state index in [9.17, 15) is 8.42 Å². The van der Waals surface area contributed by atoms with E-state index in [-0.39, 0.29) is 21.8 Å². The zero-order valence-corrected chi connectivity index (χ0v) is 13.4. The molecule has 0 radical (unpaired) electrons. The number of rotatable bonds is 6. The van der Waals surface area contributed by atoms with Crippen LogP contribution in [0.1, 0.15) is 12.5 Å². The first-order valence-electron chi connectivity index (χ1n) is 5.66. The fourth-order valence-corrected chi connectivity index (χ4v) is 3.60. The largest absolute Gasteiger partial charge is 0.383 e. The highest BCUT2D eigenvalue weighted by molar-refractivity contribution is 7.89. The standard InChI is InChI=1S/C12H17Cl2NO3S/c1-9(8-18-3)15(2)19(16,17)12-6-10(7-13)4-5-11(12)14/h4-6,9H,7-8H2,1-3H3. The highest BCUT2D eigenvalue weighted by atomic mass is 35.5. The van der Waals surface area contributed by atoms with Crippen LogP contribution >= 0.6 is 23.2 Å². The highest BCUT2D eigenvalue weighted by Crippen LogP contribution is 2.26. The zero-order valence-electron chi connectivity index (χ0n) is 11.1. The van der Waals surface area contributed by atoms with Crippen molar-refractivity contribution in [1.82, 2.24) is 4.31 Å². The lowest BCUT2D eigenvalue weighted by Crippen LogP contribution is -2.37. The van der Waals surface area contributed by atoms with Crippen molar-refractivity contribution in [1.29, 1.82) is 0 Å². The minimum Gasteiger partial charge on any atom is -0.383 e. The molecule has 0 N–H and O–H groups in total. The normalized spacial score (nSPS) is 13.8. The Morgan fingerprint density at radius 2 is 2.05 bits per heavy atom. The maximum Gasteiger partial charge on any atom is 0.244 e. The van der Waals surface area contributed by atoms with Crippen LogP contribution in [0, 0.1) is 0 Å². The summed E-state index contributed by atoms with van der Waals surface area (Å²) in [6.45, 7) is 2.07. The van der Waals surface area contributed by atoms with Gasteiger partial charge in [0.1, 0.15) is 4.90 Å². The molecular weight excluding hydrogens is 309 g/mol. The molecule has 7 heteroatoms. The van der Waals surface area contributed by atoms with Crippen LogP contribution in [-0.2, 0) is 20.6 Å². The molecule has 0 aliphatic carbocycles. The first-order chi connectivity index (χ1) is 8.84. The van der Waals surface area contributed by atoms with Gasteiger partial charge in [-0.05, 0) is 24.6 Å². The second kappa shape index (κ2) is 6.90. The van der Waals surface area contributed by atoms with Gasteiger partial charge in [0.15, 0.2) is 0 Å². The number of hydrogen-bond donors (Lipinski definition) is 0. The van der Waals surface area contributed by atoms with Gasteiger partial charge >= 0.3 is 0 Å². The quantitative estimate of drug-likeness (QED) is 0.755. The second-order valence-electron chi connectivity index (χ2n) is 4.22. The summed E-state index contributed by atoms with van der Waals surface area (Å²) in [6, 6.07) is 4.46. The molecule has 0 saturated carbocycles. The van der Waals surface area contributed by atoms with E-state index in [0.29, 0.717) is 12.2 Å². The van der Waals surface area contributed by atoms with Gasteiger partial charge in [0.05, 0.1) is 11.6 Å². The van der Waals surface area contributed by atoms with Gasteiger partial charge in [-0.25, -0.2) is 8.42 Å². The molecule has 0 bridgehead atoms. The summed E-state index contributed by atoms with van der Waals surface area (Å²) >= 11 is 11.7. The Bertz CT molecular complexity index is 534. The Balaban J connectivity index is 3.19. The number of alkyl halides is 1. The topological polar surface area (TPSA) is 46.6 Å². The molecule has 1 atom stereocenters. The fraction of sp³-hybridized carbons (Fsp3) is 0.500. The van der Waals surface area contributed by atoms with Crippen LogP contribution < -0.4 is 0 Å². The Kier molecular flexibility index (Phi) is 6.08. The highest BCUT2D eigenvalue weighted by Gasteiger charge is 2.27. The monoisotopic (exact) mass is 325 g/mol. The molecule has 19 heavy (non-hydrogen) atoms. The summed E-state index contributed by atoms with van der Waals surface area (Å²) < 4.78 is 31.2. The number of likely N-dealkylation sites (N-methyl/N-ethyl adjacent to an activating group) is 1. The molecule has 0 aliphatic rings. The van der Waals surface area contributed by atoms with Crippen LogP contribution in [0.25, 0.3) is 0 Å². The van der Waals surface area contributed by atoms with Crippen molar-refractivity contribution < 1.29 is 13.2 Å². The van der Waals surface area contributed by atoms with Crippen LogP contribution in [0.15, 0.2) is 23.1 Å². The molecular formula is C12H17Cl2NO3S. The average molecular weight is 326 g/mol. The first-order valence-corrected chi connectivity index (χ1v) is 8.01. The van der Waals surface area contributed by atoms with Gasteiger partial charge in [-0.2, -0.15) is 4.31 Å². The second-order valence-corrected chi connectivity index (χ2v) is 6.86. The fourth-order valence-electron chi connectivity index (χ4n) is 1.57. The number of nitrogens with zero attached hydrogens (tertiary/aromatic N) is 1. The van der Waals surface area contributed by atoms with Crippen molar-refractivity contribution in [2.75, 3.05) is 20.8 Å². The van der Waals surface area contributed by atoms with Gasteiger partial charge < -0.3 is 4.74 Å². The smallest absolute Gasteiger partial charge is 0.244 e. The molecule has 0 fully saturated rings. The van der Waals surface area contributed by atoms with Crippen molar-refractivity contribution in [2.45, 2.75) is 23.7 Å². The molecule has 0 saturated heterocycles.